The van der Waals surface area contributed by atoms with Crippen LogP contribution in [0.2, 0.25) is 0 Å². The predicted molar refractivity (Wildman–Crippen MR) is 87.4 cm³/mol. The van der Waals surface area contributed by atoms with Gasteiger partial charge in [0.1, 0.15) is 0 Å². The zero-order chi connectivity index (χ0) is 13.4. The van der Waals surface area contributed by atoms with Crippen molar-refractivity contribution >= 4 is 16.3 Å². The molecule has 2 aromatic carbocycles. The Kier molecular flexibility index (Phi) is 3.15. The summed E-state index contributed by atoms with van der Waals surface area (Å²) in [5.41, 5.74) is 8.02. The van der Waals surface area contributed by atoms with Gasteiger partial charge in [-0.25, -0.2) is 0 Å². The maximum atomic E-state index is 2.44. The fourth-order valence-corrected chi connectivity index (χ4v) is 4.47. The Balaban J connectivity index is 2.17. The molecule has 0 bridgehead atoms. The van der Waals surface area contributed by atoms with E-state index in [9.17, 15) is 0 Å². The van der Waals surface area contributed by atoms with Gasteiger partial charge in [-0.2, -0.15) is 0 Å². The Morgan fingerprint density at radius 3 is 2.37 bits per heavy atom. The number of fused-ring (bicyclic) bond motifs is 1. The van der Waals surface area contributed by atoms with E-state index in [0.29, 0.717) is 11.5 Å². The molecule has 0 fully saturated rings. The van der Waals surface area contributed by atoms with Crippen LogP contribution in [0.15, 0.2) is 54.1 Å². The molecule has 0 heterocycles. The summed E-state index contributed by atoms with van der Waals surface area (Å²) in [4.78, 5) is 0. The highest BCUT2D eigenvalue weighted by atomic mass is 28.1. The van der Waals surface area contributed by atoms with Gasteiger partial charge in [0.25, 0.3) is 0 Å². The van der Waals surface area contributed by atoms with E-state index < -0.39 is 0 Å². The van der Waals surface area contributed by atoms with Crippen LogP contribution in [0.25, 0.3) is 17.2 Å². The Morgan fingerprint density at radius 2 is 1.68 bits per heavy atom. The highest BCUT2D eigenvalue weighted by Crippen LogP contribution is 2.41. The van der Waals surface area contributed by atoms with Gasteiger partial charge in [0.05, 0.1) is 0 Å². The predicted octanol–water partition coefficient (Wildman–Crippen LogP) is 3.81. The normalized spacial score (nSPS) is 17.6. The van der Waals surface area contributed by atoms with Crippen LogP contribution in [0.3, 0.4) is 0 Å². The average Bonchev–Trinajstić information content (AvgIpc) is 2.78. The Bertz CT molecular complexity index is 623. The molecule has 0 amide bonds. The van der Waals surface area contributed by atoms with E-state index >= 15 is 0 Å². The molecule has 2 aromatic rings. The third-order valence-electron chi connectivity index (χ3n) is 4.17. The molecule has 1 aliphatic carbocycles. The van der Waals surface area contributed by atoms with Crippen molar-refractivity contribution in [2.75, 3.05) is 0 Å². The minimum atomic E-state index is 0.651. The second-order valence-corrected chi connectivity index (χ2v) is 6.85. The lowest BCUT2D eigenvalue weighted by Crippen LogP contribution is -2.03. The van der Waals surface area contributed by atoms with Crippen molar-refractivity contribution in [3.8, 4) is 11.1 Å². The van der Waals surface area contributed by atoms with Crippen molar-refractivity contribution in [2.24, 2.45) is 5.92 Å². The van der Waals surface area contributed by atoms with Crippen molar-refractivity contribution in [3.05, 3.63) is 65.2 Å². The van der Waals surface area contributed by atoms with Gasteiger partial charge in [0.15, 0.2) is 0 Å². The van der Waals surface area contributed by atoms with Crippen LogP contribution in [0.4, 0.5) is 0 Å². The lowest BCUT2D eigenvalue weighted by atomic mass is 9.97. The molecule has 0 aromatic heterocycles. The second kappa shape index (κ2) is 4.82. The summed E-state index contributed by atoms with van der Waals surface area (Å²) in [5.74, 6) is 0.651. The molecule has 0 N–H and O–H groups in total. The third kappa shape index (κ3) is 2.08. The SMILES string of the molecule is CC(C)C1=Cc2c(-c3ccccc3)cccc2C1[SiH3]. The number of hydrogen-bond donors (Lipinski definition) is 0. The van der Waals surface area contributed by atoms with Crippen molar-refractivity contribution < 1.29 is 0 Å². The Labute approximate surface area is 118 Å². The lowest BCUT2D eigenvalue weighted by Gasteiger charge is -2.14. The molecule has 96 valence electrons. The Hall–Kier alpha value is -1.60. The molecular formula is C18H20Si. The molecule has 0 saturated heterocycles. The quantitative estimate of drug-likeness (QED) is 0.724. The molecule has 0 saturated carbocycles. The fraction of sp³-hybridized carbons (Fsp3) is 0.222. The average molecular weight is 264 g/mol. The lowest BCUT2D eigenvalue weighted by molar-refractivity contribution is 0.746. The Morgan fingerprint density at radius 1 is 0.947 bits per heavy atom. The number of rotatable bonds is 2. The topological polar surface area (TPSA) is 0 Å². The molecule has 0 spiro atoms. The number of allylic oxidation sites excluding steroid dienone is 1. The van der Waals surface area contributed by atoms with Crippen LogP contribution >= 0.6 is 0 Å². The van der Waals surface area contributed by atoms with Crippen molar-refractivity contribution in [2.45, 2.75) is 19.4 Å². The van der Waals surface area contributed by atoms with E-state index in [0.717, 1.165) is 0 Å². The van der Waals surface area contributed by atoms with E-state index in [1.54, 1.807) is 5.57 Å². The standard InChI is InChI=1S/C18H20Si/c1-12(2)16-11-17-14(13-7-4-3-5-8-13)9-6-10-15(17)18(16)19/h3-12,18H,1-2,19H3. The van der Waals surface area contributed by atoms with Crippen LogP contribution in [-0.4, -0.2) is 10.2 Å². The van der Waals surface area contributed by atoms with Crippen LogP contribution in [0, 0.1) is 5.92 Å². The van der Waals surface area contributed by atoms with Gasteiger partial charge in [-0.3, -0.25) is 0 Å². The summed E-state index contributed by atoms with van der Waals surface area (Å²) in [7, 11) is 1.20. The first-order valence-electron chi connectivity index (χ1n) is 7.08. The maximum Gasteiger partial charge on any atom is 0.0175 e. The fourth-order valence-electron chi connectivity index (χ4n) is 3.13. The van der Waals surface area contributed by atoms with E-state index in [1.165, 1.54) is 32.5 Å². The van der Waals surface area contributed by atoms with Gasteiger partial charge >= 0.3 is 0 Å². The summed E-state index contributed by atoms with van der Waals surface area (Å²) in [6.45, 7) is 4.62. The van der Waals surface area contributed by atoms with E-state index in [1.807, 2.05) is 0 Å². The van der Waals surface area contributed by atoms with Crippen LogP contribution in [0.1, 0.15) is 30.5 Å². The second-order valence-electron chi connectivity index (χ2n) is 5.70. The molecule has 1 aliphatic rings. The van der Waals surface area contributed by atoms with Gasteiger partial charge in [0, 0.05) is 10.2 Å². The van der Waals surface area contributed by atoms with E-state index in [4.69, 9.17) is 0 Å². The van der Waals surface area contributed by atoms with Crippen LogP contribution in [-0.2, 0) is 0 Å². The summed E-state index contributed by atoms with van der Waals surface area (Å²) < 4.78 is 0. The first-order valence-corrected chi connectivity index (χ1v) is 8.23. The van der Waals surface area contributed by atoms with Gasteiger partial charge in [0.2, 0.25) is 0 Å². The van der Waals surface area contributed by atoms with Gasteiger partial charge < -0.3 is 0 Å². The number of hydrogen-bond acceptors (Lipinski definition) is 0. The van der Waals surface area contributed by atoms with Crippen molar-refractivity contribution in [3.63, 3.8) is 0 Å². The van der Waals surface area contributed by atoms with Gasteiger partial charge in [-0.1, -0.05) is 74.0 Å². The summed E-state index contributed by atoms with van der Waals surface area (Å²) >= 11 is 0. The maximum absolute atomic E-state index is 2.44. The first kappa shape index (κ1) is 12.4. The first-order chi connectivity index (χ1) is 9.18. The minimum absolute atomic E-state index is 0.651. The molecule has 1 heteroatoms. The highest BCUT2D eigenvalue weighted by Gasteiger charge is 2.24. The molecule has 1 unspecified atom stereocenters. The van der Waals surface area contributed by atoms with Gasteiger partial charge in [-0.15, -0.1) is 0 Å². The molecular weight excluding hydrogens is 244 g/mol. The minimum Gasteiger partial charge on any atom is -0.0633 e. The molecule has 0 nitrogen and oxygen atoms in total. The molecule has 19 heavy (non-hydrogen) atoms. The monoisotopic (exact) mass is 264 g/mol. The highest BCUT2D eigenvalue weighted by molar-refractivity contribution is 6.16. The zero-order valence-corrected chi connectivity index (χ0v) is 13.9. The van der Waals surface area contributed by atoms with Crippen LogP contribution in [0.5, 0.6) is 0 Å². The third-order valence-corrected chi connectivity index (χ3v) is 5.46. The molecule has 3 rings (SSSR count). The van der Waals surface area contributed by atoms with Crippen LogP contribution < -0.4 is 0 Å². The number of benzene rings is 2. The van der Waals surface area contributed by atoms with Gasteiger partial charge in [-0.05, 0) is 33.7 Å². The summed E-state index contributed by atoms with van der Waals surface area (Å²) in [5, 5.41) is 0. The van der Waals surface area contributed by atoms with E-state index in [2.05, 4.69) is 68.5 Å². The van der Waals surface area contributed by atoms with Crippen molar-refractivity contribution in [1.82, 2.24) is 0 Å². The van der Waals surface area contributed by atoms with Crippen molar-refractivity contribution in [1.29, 1.82) is 0 Å². The molecule has 0 aliphatic heterocycles. The smallest absolute Gasteiger partial charge is 0.0175 e. The molecule has 0 radical (unpaired) electrons. The largest absolute Gasteiger partial charge is 0.0633 e. The zero-order valence-electron chi connectivity index (χ0n) is 11.9. The molecule has 1 atom stereocenters. The summed E-state index contributed by atoms with van der Waals surface area (Å²) in [6, 6.07) is 17.5. The summed E-state index contributed by atoms with van der Waals surface area (Å²) in [6.07, 6.45) is 2.44. The van der Waals surface area contributed by atoms with E-state index in [-0.39, 0.29) is 0 Å².